The number of thiazole rings is 1. The molecule has 0 aliphatic carbocycles. The Hall–Kier alpha value is -2.80. The third-order valence-corrected chi connectivity index (χ3v) is 4.30. The Bertz CT molecular complexity index is 818. The van der Waals surface area contributed by atoms with Gasteiger partial charge in [-0.1, -0.05) is 23.5 Å². The Kier molecular flexibility index (Phi) is 4.81. The van der Waals surface area contributed by atoms with Crippen LogP contribution in [-0.4, -0.2) is 32.5 Å². The number of fused-ring (bicyclic) bond motifs is 1. The first-order chi connectivity index (χ1) is 11.7. The lowest BCUT2D eigenvalue weighted by Crippen LogP contribution is -1.97. The van der Waals surface area contributed by atoms with E-state index in [0.29, 0.717) is 17.2 Å². The summed E-state index contributed by atoms with van der Waals surface area (Å²) in [6.07, 6.45) is 1.68. The largest absolute Gasteiger partial charge is 0.493 e. The number of aromatic nitrogens is 1. The van der Waals surface area contributed by atoms with Gasteiger partial charge < -0.3 is 14.2 Å². The lowest BCUT2D eigenvalue weighted by atomic mass is 10.2. The van der Waals surface area contributed by atoms with Gasteiger partial charge in [0, 0.05) is 5.56 Å². The van der Waals surface area contributed by atoms with Gasteiger partial charge in [-0.2, -0.15) is 5.10 Å². The second-order valence-corrected chi connectivity index (χ2v) is 5.85. The van der Waals surface area contributed by atoms with Gasteiger partial charge in [-0.25, -0.2) is 4.98 Å². The number of nitrogens with one attached hydrogen (secondary N) is 1. The fourth-order valence-electron chi connectivity index (χ4n) is 2.26. The molecule has 0 unspecified atom stereocenters. The Morgan fingerprint density at radius 2 is 1.75 bits per heavy atom. The summed E-state index contributed by atoms with van der Waals surface area (Å²) in [5.74, 6) is 1.72. The molecule has 0 aliphatic rings. The number of benzene rings is 2. The van der Waals surface area contributed by atoms with Gasteiger partial charge in [-0.05, 0) is 24.3 Å². The number of anilines is 1. The average molecular weight is 343 g/mol. The normalized spacial score (nSPS) is 11.0. The maximum Gasteiger partial charge on any atom is 0.204 e. The van der Waals surface area contributed by atoms with E-state index in [0.717, 1.165) is 20.9 Å². The Labute approximate surface area is 143 Å². The molecule has 3 rings (SSSR count). The third kappa shape index (κ3) is 3.26. The van der Waals surface area contributed by atoms with Crippen LogP contribution in [0.1, 0.15) is 5.56 Å². The van der Waals surface area contributed by atoms with Gasteiger partial charge in [0.1, 0.15) is 0 Å². The van der Waals surface area contributed by atoms with E-state index < -0.39 is 0 Å². The van der Waals surface area contributed by atoms with Crippen LogP contribution < -0.4 is 19.6 Å². The van der Waals surface area contributed by atoms with Crippen LogP contribution in [0.3, 0.4) is 0 Å². The molecule has 1 N–H and O–H groups in total. The van der Waals surface area contributed by atoms with Crippen LogP contribution in [0.25, 0.3) is 10.2 Å². The monoisotopic (exact) mass is 343 g/mol. The molecule has 3 aromatic rings. The molecule has 0 aliphatic heterocycles. The fourth-order valence-corrected chi connectivity index (χ4v) is 3.07. The van der Waals surface area contributed by atoms with Crippen LogP contribution in [0.4, 0.5) is 5.13 Å². The van der Waals surface area contributed by atoms with Gasteiger partial charge >= 0.3 is 0 Å². The Morgan fingerprint density at radius 3 is 2.38 bits per heavy atom. The minimum absolute atomic E-state index is 0.552. The standard InChI is InChI=1S/C17H17N3O3S/c1-21-13-8-11(9-14(22-2)16(13)23-3)10-18-20-17-19-12-6-4-5-7-15(12)24-17/h4-10H,1-3H3,(H,19,20)/b18-10-. The third-order valence-electron chi connectivity index (χ3n) is 3.35. The fraction of sp³-hybridized carbons (Fsp3) is 0.176. The van der Waals surface area contributed by atoms with Crippen molar-refractivity contribution < 1.29 is 14.2 Å². The van der Waals surface area contributed by atoms with Crippen molar-refractivity contribution in [2.45, 2.75) is 0 Å². The zero-order valence-electron chi connectivity index (χ0n) is 13.6. The van der Waals surface area contributed by atoms with Gasteiger partial charge in [0.2, 0.25) is 10.9 Å². The molecule has 7 heteroatoms. The molecule has 0 saturated heterocycles. The summed E-state index contributed by atoms with van der Waals surface area (Å²) in [5.41, 5.74) is 4.72. The highest BCUT2D eigenvalue weighted by Crippen LogP contribution is 2.37. The summed E-state index contributed by atoms with van der Waals surface area (Å²) >= 11 is 1.55. The second-order valence-electron chi connectivity index (χ2n) is 4.82. The van der Waals surface area contributed by atoms with Crippen LogP contribution in [0.15, 0.2) is 41.5 Å². The van der Waals surface area contributed by atoms with Gasteiger partial charge in [0.15, 0.2) is 11.5 Å². The molecule has 0 amide bonds. The molecule has 0 fully saturated rings. The van der Waals surface area contributed by atoms with E-state index in [1.54, 1.807) is 38.9 Å². The summed E-state index contributed by atoms with van der Waals surface area (Å²) in [5, 5.41) is 4.97. The van der Waals surface area contributed by atoms with E-state index in [4.69, 9.17) is 14.2 Å². The maximum atomic E-state index is 5.33. The highest BCUT2D eigenvalue weighted by molar-refractivity contribution is 7.22. The van der Waals surface area contributed by atoms with Crippen LogP contribution in [0.5, 0.6) is 17.2 Å². The quantitative estimate of drug-likeness (QED) is 0.545. The number of rotatable bonds is 6. The molecule has 0 atom stereocenters. The first kappa shape index (κ1) is 16.1. The number of ether oxygens (including phenoxy) is 3. The molecule has 124 valence electrons. The molecule has 0 bridgehead atoms. The highest BCUT2D eigenvalue weighted by Gasteiger charge is 2.12. The minimum atomic E-state index is 0.552. The van der Waals surface area contributed by atoms with E-state index >= 15 is 0 Å². The van der Waals surface area contributed by atoms with Crippen LogP contribution in [-0.2, 0) is 0 Å². The first-order valence-corrected chi connectivity index (χ1v) is 8.01. The summed E-state index contributed by atoms with van der Waals surface area (Å²) < 4.78 is 17.1. The van der Waals surface area contributed by atoms with Crippen molar-refractivity contribution in [3.8, 4) is 17.2 Å². The summed E-state index contributed by atoms with van der Waals surface area (Å²) in [6, 6.07) is 11.6. The number of para-hydroxylation sites is 1. The van der Waals surface area contributed by atoms with Crippen molar-refractivity contribution in [1.29, 1.82) is 0 Å². The zero-order valence-corrected chi connectivity index (χ0v) is 14.4. The summed E-state index contributed by atoms with van der Waals surface area (Å²) in [6.45, 7) is 0. The second kappa shape index (κ2) is 7.18. The average Bonchev–Trinajstić information content (AvgIpc) is 3.03. The van der Waals surface area contributed by atoms with Crippen molar-refractivity contribution in [1.82, 2.24) is 4.98 Å². The molecule has 6 nitrogen and oxygen atoms in total. The number of hydrazone groups is 1. The van der Waals surface area contributed by atoms with E-state index in [9.17, 15) is 0 Å². The van der Waals surface area contributed by atoms with Crippen molar-refractivity contribution >= 4 is 32.9 Å². The van der Waals surface area contributed by atoms with Gasteiger partial charge in [-0.15, -0.1) is 0 Å². The molecule has 1 heterocycles. The molecule has 24 heavy (non-hydrogen) atoms. The smallest absolute Gasteiger partial charge is 0.204 e. The molecule has 1 aromatic heterocycles. The summed E-state index contributed by atoms with van der Waals surface area (Å²) in [4.78, 5) is 4.46. The molecule has 2 aromatic carbocycles. The van der Waals surface area contributed by atoms with Crippen LogP contribution in [0, 0.1) is 0 Å². The number of methoxy groups -OCH3 is 3. The van der Waals surface area contributed by atoms with E-state index in [1.165, 1.54) is 0 Å². The van der Waals surface area contributed by atoms with E-state index in [1.807, 2.05) is 36.4 Å². The van der Waals surface area contributed by atoms with Crippen LogP contribution in [0.2, 0.25) is 0 Å². The maximum absolute atomic E-state index is 5.33. The molecule has 0 saturated carbocycles. The predicted molar refractivity (Wildman–Crippen MR) is 96.9 cm³/mol. The zero-order chi connectivity index (χ0) is 16.9. The van der Waals surface area contributed by atoms with Gasteiger partial charge in [0.25, 0.3) is 0 Å². The molecule has 0 radical (unpaired) electrons. The topological polar surface area (TPSA) is 65.0 Å². The number of hydrogen-bond acceptors (Lipinski definition) is 7. The molecular formula is C17H17N3O3S. The number of hydrogen-bond donors (Lipinski definition) is 1. The highest BCUT2D eigenvalue weighted by atomic mass is 32.1. The lowest BCUT2D eigenvalue weighted by Gasteiger charge is -2.12. The van der Waals surface area contributed by atoms with Gasteiger partial charge in [-0.3, -0.25) is 5.43 Å². The molecule has 0 spiro atoms. The summed E-state index contributed by atoms with van der Waals surface area (Å²) in [7, 11) is 4.73. The van der Waals surface area contributed by atoms with Crippen molar-refractivity contribution in [2.75, 3.05) is 26.8 Å². The predicted octanol–water partition coefficient (Wildman–Crippen LogP) is 3.77. The first-order valence-electron chi connectivity index (χ1n) is 7.20. The SMILES string of the molecule is COc1cc(/C=N\Nc2nc3ccccc3s2)cc(OC)c1OC. The van der Waals surface area contributed by atoms with Crippen molar-refractivity contribution in [3.05, 3.63) is 42.0 Å². The Balaban J connectivity index is 1.80. The lowest BCUT2D eigenvalue weighted by molar-refractivity contribution is 0.324. The van der Waals surface area contributed by atoms with Crippen molar-refractivity contribution in [3.63, 3.8) is 0 Å². The van der Waals surface area contributed by atoms with Crippen LogP contribution >= 0.6 is 11.3 Å². The van der Waals surface area contributed by atoms with E-state index in [-0.39, 0.29) is 0 Å². The number of nitrogens with zero attached hydrogens (tertiary/aromatic N) is 2. The van der Waals surface area contributed by atoms with Crippen molar-refractivity contribution in [2.24, 2.45) is 5.10 Å². The minimum Gasteiger partial charge on any atom is -0.493 e. The van der Waals surface area contributed by atoms with Gasteiger partial charge in [0.05, 0.1) is 37.8 Å². The molecular weight excluding hydrogens is 326 g/mol. The van der Waals surface area contributed by atoms with E-state index in [2.05, 4.69) is 15.5 Å². The Morgan fingerprint density at radius 1 is 1.04 bits per heavy atom.